The summed E-state index contributed by atoms with van der Waals surface area (Å²) in [6, 6.07) is 6.86. The van der Waals surface area contributed by atoms with Gasteiger partial charge in [-0.15, -0.1) is 0 Å². The van der Waals surface area contributed by atoms with E-state index in [4.69, 9.17) is 10.5 Å². The number of hydrogen-bond acceptors (Lipinski definition) is 5. The Hall–Kier alpha value is -1.12. The molecule has 0 bridgehead atoms. The first-order valence-electron chi connectivity index (χ1n) is 6.28. The zero-order valence-corrected chi connectivity index (χ0v) is 12.7. The Kier molecular flexibility index (Phi) is 5.00. The fraction of sp³-hybridized carbons (Fsp3) is 0.500. The van der Waals surface area contributed by atoms with Gasteiger partial charge in [-0.25, -0.2) is 8.42 Å². The third-order valence-electron chi connectivity index (χ3n) is 3.00. The van der Waals surface area contributed by atoms with Crippen molar-refractivity contribution in [1.82, 2.24) is 4.31 Å². The van der Waals surface area contributed by atoms with E-state index in [1.54, 1.807) is 24.3 Å². The maximum absolute atomic E-state index is 12.1. The zero-order valence-electron chi connectivity index (χ0n) is 11.0. The summed E-state index contributed by atoms with van der Waals surface area (Å²) in [5.41, 5.74) is 6.18. The smallest absolute Gasteiger partial charge is 0.217 e. The molecular weight excluding hydrogens is 300 g/mol. The summed E-state index contributed by atoms with van der Waals surface area (Å²) in [7, 11) is -4.23. The Balaban J connectivity index is 1.85. The van der Waals surface area contributed by atoms with Crippen molar-refractivity contribution in [3.05, 3.63) is 24.3 Å². The van der Waals surface area contributed by atoms with Gasteiger partial charge in [0.05, 0.1) is 5.75 Å². The molecule has 0 amide bonds. The van der Waals surface area contributed by atoms with Crippen LogP contribution in [-0.4, -0.2) is 53.9 Å². The quantitative estimate of drug-likeness (QED) is 0.774. The van der Waals surface area contributed by atoms with Gasteiger partial charge in [-0.3, -0.25) is 4.21 Å². The Morgan fingerprint density at radius 3 is 2.65 bits per heavy atom. The third-order valence-corrected chi connectivity index (χ3v) is 6.11. The predicted molar refractivity (Wildman–Crippen MR) is 79.6 cm³/mol. The first-order valence-corrected chi connectivity index (χ1v) is 9.38. The van der Waals surface area contributed by atoms with Crippen molar-refractivity contribution in [3.63, 3.8) is 0 Å². The lowest BCUT2D eigenvalue weighted by Gasteiger charge is -2.25. The predicted octanol–water partition coefficient (Wildman–Crippen LogP) is 0.0417. The molecule has 2 N–H and O–H groups in total. The summed E-state index contributed by atoms with van der Waals surface area (Å²) in [5, 5.41) is 0. The van der Waals surface area contributed by atoms with E-state index in [-0.39, 0.29) is 12.4 Å². The Morgan fingerprint density at radius 2 is 2.00 bits per heavy atom. The van der Waals surface area contributed by atoms with Crippen LogP contribution in [-0.2, 0) is 20.8 Å². The summed E-state index contributed by atoms with van der Waals surface area (Å²) in [5.74, 6) is 1.29. The van der Waals surface area contributed by atoms with E-state index in [9.17, 15) is 12.6 Å². The van der Waals surface area contributed by atoms with Crippen LogP contribution in [0, 0.1) is 0 Å². The number of nitrogens with zero attached hydrogens (tertiary/aromatic N) is 1. The van der Waals surface area contributed by atoms with Gasteiger partial charge >= 0.3 is 0 Å². The van der Waals surface area contributed by atoms with E-state index in [0.29, 0.717) is 36.0 Å². The SMILES string of the molecule is Nc1cccc(OCCS(=O)(=O)N2CCS(=O)CC2)c1. The van der Waals surface area contributed by atoms with Crippen molar-refractivity contribution in [3.8, 4) is 5.75 Å². The lowest BCUT2D eigenvalue weighted by Crippen LogP contribution is -2.43. The molecule has 20 heavy (non-hydrogen) atoms. The van der Waals surface area contributed by atoms with Gasteiger partial charge in [0.1, 0.15) is 12.4 Å². The summed E-state index contributed by atoms with van der Waals surface area (Å²) < 4.78 is 42.1. The van der Waals surface area contributed by atoms with Gasteiger partial charge in [0.25, 0.3) is 0 Å². The second-order valence-corrected chi connectivity index (χ2v) is 8.27. The molecule has 112 valence electrons. The third kappa shape index (κ3) is 4.19. The van der Waals surface area contributed by atoms with E-state index >= 15 is 0 Å². The highest BCUT2D eigenvalue weighted by Crippen LogP contribution is 2.15. The largest absolute Gasteiger partial charge is 0.492 e. The van der Waals surface area contributed by atoms with E-state index in [2.05, 4.69) is 0 Å². The molecule has 0 spiro atoms. The van der Waals surface area contributed by atoms with E-state index in [1.807, 2.05) is 0 Å². The average molecular weight is 318 g/mol. The normalized spacial score (nSPS) is 18.0. The standard InChI is InChI=1S/C12H18N2O4S2/c13-11-2-1-3-12(10-11)18-6-9-20(16,17)14-4-7-19(15)8-5-14/h1-3,10H,4-9,13H2. The second-order valence-electron chi connectivity index (χ2n) is 4.48. The number of sulfonamides is 1. The molecule has 1 heterocycles. The van der Waals surface area contributed by atoms with E-state index in [0.717, 1.165) is 0 Å². The lowest BCUT2D eigenvalue weighted by molar-refractivity contribution is 0.335. The minimum atomic E-state index is -3.34. The maximum atomic E-state index is 12.1. The van der Waals surface area contributed by atoms with Gasteiger partial charge in [0.2, 0.25) is 10.0 Å². The number of nitrogens with two attached hydrogens (primary N) is 1. The lowest BCUT2D eigenvalue weighted by atomic mass is 10.3. The molecule has 0 atom stereocenters. The number of benzene rings is 1. The molecule has 6 nitrogen and oxygen atoms in total. The average Bonchev–Trinajstić information content (AvgIpc) is 2.39. The van der Waals surface area contributed by atoms with Crippen LogP contribution in [0.4, 0.5) is 5.69 Å². The topological polar surface area (TPSA) is 89.7 Å². The van der Waals surface area contributed by atoms with Crippen LogP contribution in [0.15, 0.2) is 24.3 Å². The second kappa shape index (κ2) is 6.55. The van der Waals surface area contributed by atoms with Crippen LogP contribution >= 0.6 is 0 Å². The molecule has 0 unspecified atom stereocenters. The minimum Gasteiger partial charge on any atom is -0.492 e. The zero-order chi connectivity index (χ0) is 14.6. The molecule has 1 saturated heterocycles. The summed E-state index contributed by atoms with van der Waals surface area (Å²) >= 11 is 0. The number of nitrogen functional groups attached to an aromatic ring is 1. The van der Waals surface area contributed by atoms with Gasteiger partial charge in [-0.05, 0) is 12.1 Å². The first kappa shape index (κ1) is 15.3. The molecular formula is C12H18N2O4S2. The number of hydrogen-bond donors (Lipinski definition) is 1. The number of rotatable bonds is 5. The van der Waals surface area contributed by atoms with Crippen molar-refractivity contribution >= 4 is 26.5 Å². The van der Waals surface area contributed by atoms with Gasteiger partial charge in [0.15, 0.2) is 0 Å². The Bertz CT molecular complexity index is 579. The molecule has 1 aromatic carbocycles. The first-order chi connectivity index (χ1) is 9.47. The van der Waals surface area contributed by atoms with Crippen molar-refractivity contribution in [1.29, 1.82) is 0 Å². The molecule has 0 aliphatic carbocycles. The molecule has 1 fully saturated rings. The van der Waals surface area contributed by atoms with E-state index < -0.39 is 20.8 Å². The molecule has 1 aliphatic rings. The van der Waals surface area contributed by atoms with Crippen molar-refractivity contribution in [2.75, 3.05) is 42.7 Å². The summed E-state index contributed by atoms with van der Waals surface area (Å²) in [6.07, 6.45) is 0. The molecule has 0 radical (unpaired) electrons. The highest BCUT2D eigenvalue weighted by atomic mass is 32.2. The Morgan fingerprint density at radius 1 is 1.30 bits per heavy atom. The molecule has 0 saturated carbocycles. The van der Waals surface area contributed by atoms with E-state index in [1.165, 1.54) is 4.31 Å². The van der Waals surface area contributed by atoms with Crippen molar-refractivity contribution < 1.29 is 17.4 Å². The Labute approximate surface area is 121 Å². The van der Waals surface area contributed by atoms with Crippen LogP contribution in [0.3, 0.4) is 0 Å². The molecule has 0 aromatic heterocycles. The van der Waals surface area contributed by atoms with Crippen LogP contribution in [0.2, 0.25) is 0 Å². The molecule has 2 rings (SSSR count). The highest BCUT2D eigenvalue weighted by molar-refractivity contribution is 7.89. The summed E-state index contributed by atoms with van der Waals surface area (Å²) in [6.45, 7) is 0.728. The summed E-state index contributed by atoms with van der Waals surface area (Å²) in [4.78, 5) is 0. The number of ether oxygens (including phenoxy) is 1. The van der Waals surface area contributed by atoms with Crippen molar-refractivity contribution in [2.45, 2.75) is 0 Å². The number of anilines is 1. The monoisotopic (exact) mass is 318 g/mol. The maximum Gasteiger partial charge on any atom is 0.217 e. The molecule has 8 heteroatoms. The highest BCUT2D eigenvalue weighted by Gasteiger charge is 2.26. The van der Waals surface area contributed by atoms with Crippen molar-refractivity contribution in [2.24, 2.45) is 0 Å². The fourth-order valence-electron chi connectivity index (χ4n) is 1.90. The fourth-order valence-corrected chi connectivity index (χ4v) is 4.47. The van der Waals surface area contributed by atoms with Gasteiger partial charge in [-0.2, -0.15) is 4.31 Å². The van der Waals surface area contributed by atoms with Gasteiger partial charge < -0.3 is 10.5 Å². The molecule has 1 aliphatic heterocycles. The van der Waals surface area contributed by atoms with Crippen LogP contribution in [0.1, 0.15) is 0 Å². The molecule has 1 aromatic rings. The minimum absolute atomic E-state index is 0.0748. The van der Waals surface area contributed by atoms with Crippen LogP contribution < -0.4 is 10.5 Å². The van der Waals surface area contributed by atoms with Crippen LogP contribution in [0.5, 0.6) is 5.75 Å². The van der Waals surface area contributed by atoms with Gasteiger partial charge in [0, 0.05) is 47.1 Å². The van der Waals surface area contributed by atoms with Gasteiger partial charge in [-0.1, -0.05) is 6.07 Å². The van der Waals surface area contributed by atoms with Crippen LogP contribution in [0.25, 0.3) is 0 Å².